The molecule has 4 nitrogen and oxygen atoms in total. The molecule has 0 bridgehead atoms. The van der Waals surface area contributed by atoms with Gasteiger partial charge in [0.25, 0.3) is 0 Å². The molecule has 1 aliphatic carbocycles. The maximum Gasteiger partial charge on any atom is 0.147 e. The summed E-state index contributed by atoms with van der Waals surface area (Å²) in [6.45, 7) is -2.43. The van der Waals surface area contributed by atoms with Crippen LogP contribution in [0, 0.1) is 30.7 Å². The zero-order chi connectivity index (χ0) is 43.3. The Hall–Kier alpha value is -4.49. The van der Waals surface area contributed by atoms with Gasteiger partial charge in [0.15, 0.2) is 0 Å². The van der Waals surface area contributed by atoms with Crippen LogP contribution in [0.1, 0.15) is 57.5 Å². The maximum atomic E-state index is 14.7. The SMILES string of the molecule is [2H]C([2H])([2H])c1c[c-]c(-c2cc(C([2H])([2H])c3ccccc3)[c]([Ge]([CH3])([CH3])[CH3])cn2)c(F)c1.[2H]C([2H])(c1ccnc(-c2[c-]cc3oc4c5ccccc5cnc4c3c2)c1)C1CCCC1.[Ir]. The summed E-state index contributed by atoms with van der Waals surface area (Å²) in [4.78, 5) is 13.6. The van der Waals surface area contributed by atoms with Crippen molar-refractivity contribution in [2.24, 2.45) is 5.92 Å². The molecule has 1 radical (unpaired) electrons. The van der Waals surface area contributed by atoms with Gasteiger partial charge in [0.2, 0.25) is 0 Å². The van der Waals surface area contributed by atoms with Crippen LogP contribution in [0.5, 0.6) is 0 Å². The second kappa shape index (κ2) is 16.7. The van der Waals surface area contributed by atoms with Crippen molar-refractivity contribution in [1.29, 1.82) is 0 Å². The Balaban J connectivity index is 0.000000184. The van der Waals surface area contributed by atoms with E-state index in [-0.39, 0.29) is 42.8 Å². The van der Waals surface area contributed by atoms with Crippen LogP contribution in [0.25, 0.3) is 55.4 Å². The van der Waals surface area contributed by atoms with E-state index in [0.29, 0.717) is 16.7 Å². The normalized spacial score (nSPS) is 15.8. The smallest absolute Gasteiger partial charge is 0.147 e. The van der Waals surface area contributed by atoms with Crippen molar-refractivity contribution in [3.8, 4) is 22.5 Å². The van der Waals surface area contributed by atoms with Gasteiger partial charge in [-0.15, -0.1) is 23.8 Å². The van der Waals surface area contributed by atoms with Gasteiger partial charge in [-0.2, -0.15) is 0 Å². The fourth-order valence-electron chi connectivity index (χ4n) is 7.05. The molecule has 0 aliphatic heterocycles. The van der Waals surface area contributed by atoms with Crippen molar-refractivity contribution >= 4 is 50.5 Å². The number of nitrogens with zero attached hydrogens (tertiary/aromatic N) is 3. The average molecular weight is 970 g/mol. The Kier molecular flexibility index (Phi) is 9.33. The van der Waals surface area contributed by atoms with Crippen molar-refractivity contribution in [3.05, 3.63) is 156 Å². The summed E-state index contributed by atoms with van der Waals surface area (Å²) in [7, 11) is 0. The number of rotatable bonds is 7. The number of aryl methyl sites for hydroxylation is 1. The van der Waals surface area contributed by atoms with Crippen LogP contribution < -0.4 is 4.40 Å². The summed E-state index contributed by atoms with van der Waals surface area (Å²) in [6, 6.07) is 34.2. The Morgan fingerprint density at radius 1 is 0.836 bits per heavy atom. The molecule has 0 amide bonds. The Bertz CT molecular complexity index is 2890. The van der Waals surface area contributed by atoms with E-state index in [1.165, 1.54) is 6.07 Å². The van der Waals surface area contributed by atoms with Gasteiger partial charge in [0.1, 0.15) is 5.58 Å². The molecule has 0 atom stereocenters. The summed E-state index contributed by atoms with van der Waals surface area (Å²) < 4.78 is 79.2. The zero-order valence-electron chi connectivity index (χ0n) is 37.8. The van der Waals surface area contributed by atoms with Crippen LogP contribution in [-0.4, -0.2) is 28.2 Å². The van der Waals surface area contributed by atoms with Crippen LogP contribution in [0.2, 0.25) is 17.3 Å². The van der Waals surface area contributed by atoms with E-state index >= 15 is 0 Å². The third kappa shape index (κ3) is 8.67. The first kappa shape index (κ1) is 30.7. The van der Waals surface area contributed by atoms with Gasteiger partial charge >= 0.3 is 159 Å². The second-order valence-corrected chi connectivity index (χ2v) is 25.3. The molecule has 1 fully saturated rings. The summed E-state index contributed by atoms with van der Waals surface area (Å²) in [5, 5.41) is 3.00. The van der Waals surface area contributed by atoms with Crippen LogP contribution in [-0.2, 0) is 32.9 Å². The van der Waals surface area contributed by atoms with Crippen molar-refractivity contribution in [1.82, 2.24) is 15.0 Å². The maximum absolute atomic E-state index is 14.7. The molecule has 4 aromatic heterocycles. The predicted octanol–water partition coefficient (Wildman–Crippen LogP) is 11.9. The molecule has 279 valence electrons. The van der Waals surface area contributed by atoms with Crippen molar-refractivity contribution < 1.29 is 38.5 Å². The quantitative estimate of drug-likeness (QED) is 0.118. The Morgan fingerprint density at radius 2 is 1.64 bits per heavy atom. The van der Waals surface area contributed by atoms with Gasteiger partial charge in [0.05, 0.1) is 11.1 Å². The molecule has 0 unspecified atom stereocenters. The Morgan fingerprint density at radius 3 is 2.42 bits per heavy atom. The molecule has 1 saturated carbocycles. The average Bonchev–Trinajstić information content (AvgIpc) is 3.93. The largest absolute Gasteiger partial charge is 0.498 e. The summed E-state index contributed by atoms with van der Waals surface area (Å²) in [5.41, 5.74) is 5.67. The van der Waals surface area contributed by atoms with Crippen LogP contribution in [0.15, 0.2) is 120 Å². The van der Waals surface area contributed by atoms with E-state index in [0.717, 1.165) is 80.2 Å². The monoisotopic (exact) mass is 971 g/mol. The van der Waals surface area contributed by atoms with Crippen LogP contribution in [0.4, 0.5) is 4.39 Å². The third-order valence-electron chi connectivity index (χ3n) is 9.81. The summed E-state index contributed by atoms with van der Waals surface area (Å²) >= 11 is -2.53. The number of hydrogen-bond donors (Lipinski definition) is 0. The molecular weight excluding hydrogens is 918 g/mol. The number of hydrogen-bond acceptors (Lipinski definition) is 4. The zero-order valence-corrected chi connectivity index (χ0v) is 35.3. The second-order valence-electron chi connectivity index (χ2n) is 14.8. The number of pyridine rings is 3. The van der Waals surface area contributed by atoms with E-state index in [1.54, 1.807) is 48.8 Å². The number of halogens is 1. The third-order valence-corrected chi connectivity index (χ3v) is 14.0. The first-order valence-electron chi connectivity index (χ1n) is 21.8. The van der Waals surface area contributed by atoms with E-state index in [4.69, 9.17) is 14.0 Å². The number of furan rings is 1. The van der Waals surface area contributed by atoms with Crippen molar-refractivity contribution in [2.45, 2.75) is 62.5 Å². The standard InChI is InChI=1S/C26H21N2O.C22H23FGeN.Ir/c1-2-6-17(5-1)13-18-11-12-27-23(14-18)19-9-10-24-22(15-19)25-26(29-24)21-8-4-3-7-20(21)16-28-25;1-16-10-11-19(20(23)12-16)22-14-18(13-17-8-6-5-7-9-17)21(15-25-22)24(2,3)4;/h3-4,7-8,10-12,14-17H,1-2,5-6,13H2;5-10,12,14-15H,13H2,1-4H3;/q2*-1;/i13D2;1D3,13D2;. The van der Waals surface area contributed by atoms with Gasteiger partial charge in [-0.3, -0.25) is 4.98 Å². The van der Waals surface area contributed by atoms with E-state index < -0.39 is 38.7 Å². The first-order valence-corrected chi connectivity index (χ1v) is 25.6. The van der Waals surface area contributed by atoms with Gasteiger partial charge < -0.3 is 9.40 Å². The van der Waals surface area contributed by atoms with Crippen molar-refractivity contribution in [3.63, 3.8) is 0 Å². The van der Waals surface area contributed by atoms with Crippen LogP contribution >= 0.6 is 0 Å². The minimum Gasteiger partial charge on any atom is -0.498 e. The molecule has 1 aliphatic rings. The van der Waals surface area contributed by atoms with E-state index in [1.807, 2.05) is 54.7 Å². The number of fused-ring (bicyclic) bond motifs is 5. The van der Waals surface area contributed by atoms with E-state index in [9.17, 15) is 4.39 Å². The molecule has 0 saturated heterocycles. The molecule has 0 spiro atoms. The fraction of sp³-hybridized carbons (Fsp3) is 0.229. The predicted molar refractivity (Wildman–Crippen MR) is 222 cm³/mol. The molecule has 7 heteroatoms. The minimum atomic E-state index is -2.53. The molecule has 0 N–H and O–H groups in total. The molecule has 4 aromatic carbocycles. The molecule has 8 aromatic rings. The minimum absolute atomic E-state index is 0. The molecule has 55 heavy (non-hydrogen) atoms. The Labute approximate surface area is 349 Å². The van der Waals surface area contributed by atoms with E-state index in [2.05, 4.69) is 44.4 Å². The molecule has 9 rings (SSSR count). The topological polar surface area (TPSA) is 51.8 Å². The van der Waals surface area contributed by atoms with Gasteiger partial charge in [0, 0.05) is 46.0 Å². The number of aromatic nitrogens is 3. The fourth-order valence-corrected chi connectivity index (χ4v) is 9.97. The van der Waals surface area contributed by atoms with Gasteiger partial charge in [-0.25, -0.2) is 0 Å². The molecular formula is C48H44FGeIrN3O-2. The van der Waals surface area contributed by atoms with Gasteiger partial charge in [-0.1, -0.05) is 61.6 Å². The van der Waals surface area contributed by atoms with Gasteiger partial charge in [-0.05, 0) is 29.4 Å². The number of benzene rings is 4. The summed E-state index contributed by atoms with van der Waals surface area (Å²) in [5.74, 6) is 5.79. The first-order chi connectivity index (χ1) is 28.9. The van der Waals surface area contributed by atoms with Crippen LogP contribution in [0.3, 0.4) is 0 Å². The summed E-state index contributed by atoms with van der Waals surface area (Å²) in [6.07, 6.45) is 6.21. The molecule has 4 heterocycles. The van der Waals surface area contributed by atoms with Crippen molar-refractivity contribution in [2.75, 3.05) is 0 Å².